The molecule has 6 nitrogen and oxygen atoms in total. The number of nitrogens with zero attached hydrogens (tertiary/aromatic N) is 1. The Hall–Kier alpha value is -1.80. The Bertz CT molecular complexity index is 950. The van der Waals surface area contributed by atoms with Gasteiger partial charge in [0.1, 0.15) is 12.4 Å². The molecular weight excluding hydrogens is 447 g/mol. The van der Waals surface area contributed by atoms with Crippen LogP contribution in [-0.2, 0) is 20.6 Å². The fourth-order valence-corrected chi connectivity index (χ4v) is 5.72. The number of para-hydroxylation sites is 1. The van der Waals surface area contributed by atoms with Gasteiger partial charge in [-0.15, -0.1) is 0 Å². The van der Waals surface area contributed by atoms with Crippen molar-refractivity contribution in [3.63, 3.8) is 0 Å². The van der Waals surface area contributed by atoms with E-state index in [1.54, 1.807) is 18.2 Å². The van der Waals surface area contributed by atoms with Crippen LogP contribution < -0.4 is 10.1 Å². The molecular formula is C21H24Cl2N2O4S. The van der Waals surface area contributed by atoms with Crippen LogP contribution in [0.2, 0.25) is 10.0 Å². The van der Waals surface area contributed by atoms with Crippen LogP contribution in [0.5, 0.6) is 5.75 Å². The number of rotatable bonds is 8. The van der Waals surface area contributed by atoms with Gasteiger partial charge in [-0.05, 0) is 37.1 Å². The molecule has 1 aliphatic rings. The van der Waals surface area contributed by atoms with Gasteiger partial charge >= 0.3 is 0 Å². The zero-order chi connectivity index (χ0) is 21.6. The van der Waals surface area contributed by atoms with E-state index in [4.69, 9.17) is 27.9 Å². The Morgan fingerprint density at radius 3 is 2.50 bits per heavy atom. The SMILES string of the molecule is O=C(NCCOc1ccccc1)C1CCCN(S(=O)(=O)Cc2c(Cl)cccc2Cl)C1. The molecule has 1 aliphatic heterocycles. The van der Waals surface area contributed by atoms with Crippen molar-refractivity contribution in [1.82, 2.24) is 9.62 Å². The van der Waals surface area contributed by atoms with Gasteiger partial charge < -0.3 is 10.1 Å². The molecule has 1 heterocycles. The average molecular weight is 471 g/mol. The minimum absolute atomic E-state index is 0.149. The lowest BCUT2D eigenvalue weighted by Crippen LogP contribution is -2.46. The van der Waals surface area contributed by atoms with E-state index < -0.39 is 15.9 Å². The first kappa shape index (κ1) is 22.9. The number of piperidine rings is 1. The van der Waals surface area contributed by atoms with Gasteiger partial charge in [0, 0.05) is 28.7 Å². The first-order chi connectivity index (χ1) is 14.4. The van der Waals surface area contributed by atoms with Crippen molar-refractivity contribution in [3.8, 4) is 5.75 Å². The van der Waals surface area contributed by atoms with Crippen LogP contribution in [0, 0.1) is 5.92 Å². The smallest absolute Gasteiger partial charge is 0.224 e. The van der Waals surface area contributed by atoms with Crippen molar-refractivity contribution in [1.29, 1.82) is 0 Å². The van der Waals surface area contributed by atoms with E-state index in [-0.39, 0.29) is 18.2 Å². The van der Waals surface area contributed by atoms with E-state index >= 15 is 0 Å². The third-order valence-electron chi connectivity index (χ3n) is 4.95. The summed E-state index contributed by atoms with van der Waals surface area (Å²) in [6.07, 6.45) is 1.26. The van der Waals surface area contributed by atoms with E-state index in [1.807, 2.05) is 30.3 Å². The standard InChI is InChI=1S/C21H24Cl2N2O4S/c22-19-9-4-10-20(23)18(19)15-30(27,28)25-12-5-6-16(14-25)21(26)24-11-13-29-17-7-2-1-3-8-17/h1-4,7-10,16H,5-6,11-15H2,(H,24,26). The molecule has 3 rings (SSSR count). The minimum Gasteiger partial charge on any atom is -0.492 e. The van der Waals surface area contributed by atoms with Gasteiger partial charge in [-0.25, -0.2) is 12.7 Å². The van der Waals surface area contributed by atoms with E-state index in [0.717, 1.165) is 5.75 Å². The van der Waals surface area contributed by atoms with Crippen molar-refractivity contribution in [2.45, 2.75) is 18.6 Å². The monoisotopic (exact) mass is 470 g/mol. The normalized spacial score (nSPS) is 17.5. The summed E-state index contributed by atoms with van der Waals surface area (Å²) in [5, 5.41) is 3.47. The summed E-state index contributed by atoms with van der Waals surface area (Å²) in [4.78, 5) is 12.5. The number of sulfonamides is 1. The number of hydrogen-bond acceptors (Lipinski definition) is 4. The molecule has 9 heteroatoms. The first-order valence-corrected chi connectivity index (χ1v) is 12.1. The molecule has 1 saturated heterocycles. The van der Waals surface area contributed by atoms with Gasteiger partial charge in [-0.2, -0.15) is 0 Å². The number of hydrogen-bond donors (Lipinski definition) is 1. The van der Waals surface area contributed by atoms with E-state index in [1.165, 1.54) is 4.31 Å². The molecule has 2 aromatic rings. The second-order valence-electron chi connectivity index (χ2n) is 7.11. The maximum Gasteiger partial charge on any atom is 0.224 e. The lowest BCUT2D eigenvalue weighted by atomic mass is 9.99. The highest BCUT2D eigenvalue weighted by atomic mass is 35.5. The molecule has 0 spiro atoms. The highest BCUT2D eigenvalue weighted by molar-refractivity contribution is 7.88. The second-order valence-corrected chi connectivity index (χ2v) is 9.89. The number of nitrogens with one attached hydrogen (secondary N) is 1. The van der Waals surface area contributed by atoms with Crippen LogP contribution in [0.25, 0.3) is 0 Å². The Morgan fingerprint density at radius 1 is 1.10 bits per heavy atom. The summed E-state index contributed by atoms with van der Waals surface area (Å²) in [6.45, 7) is 1.22. The largest absolute Gasteiger partial charge is 0.492 e. The van der Waals surface area contributed by atoms with E-state index in [2.05, 4.69) is 5.32 Å². The fourth-order valence-electron chi connectivity index (χ4n) is 3.36. The topological polar surface area (TPSA) is 75.7 Å². The summed E-state index contributed by atoms with van der Waals surface area (Å²) in [5.74, 6) is -0.112. The molecule has 1 amide bonds. The number of carbonyl (C=O) groups excluding carboxylic acids is 1. The molecule has 1 fully saturated rings. The molecule has 0 aliphatic carbocycles. The summed E-state index contributed by atoms with van der Waals surface area (Å²) < 4.78 is 32.7. The van der Waals surface area contributed by atoms with Crippen molar-refractivity contribution in [2.75, 3.05) is 26.2 Å². The molecule has 30 heavy (non-hydrogen) atoms. The Morgan fingerprint density at radius 2 is 1.80 bits per heavy atom. The molecule has 1 atom stereocenters. The van der Waals surface area contributed by atoms with Gasteiger partial charge in [-0.3, -0.25) is 4.79 Å². The van der Waals surface area contributed by atoms with Gasteiger partial charge in [0.05, 0.1) is 18.2 Å². The Balaban J connectivity index is 1.53. The molecule has 0 aromatic heterocycles. The van der Waals surface area contributed by atoms with Crippen molar-refractivity contribution in [3.05, 3.63) is 64.1 Å². The number of halogens is 2. The molecule has 0 radical (unpaired) electrons. The van der Waals surface area contributed by atoms with Crippen molar-refractivity contribution < 1.29 is 17.9 Å². The van der Waals surface area contributed by atoms with Crippen LogP contribution in [0.3, 0.4) is 0 Å². The highest BCUT2D eigenvalue weighted by Crippen LogP contribution is 2.29. The molecule has 0 bridgehead atoms. The van der Waals surface area contributed by atoms with E-state index in [9.17, 15) is 13.2 Å². The maximum absolute atomic E-state index is 12.9. The first-order valence-electron chi connectivity index (χ1n) is 9.73. The predicted molar refractivity (Wildman–Crippen MR) is 118 cm³/mol. The number of carbonyl (C=O) groups is 1. The number of benzene rings is 2. The molecule has 1 unspecified atom stereocenters. The summed E-state index contributed by atoms with van der Waals surface area (Å²) >= 11 is 12.3. The molecule has 0 saturated carbocycles. The lowest BCUT2D eigenvalue weighted by molar-refractivity contribution is -0.126. The van der Waals surface area contributed by atoms with Crippen LogP contribution in [0.4, 0.5) is 0 Å². The number of amides is 1. The second kappa shape index (κ2) is 10.5. The van der Waals surface area contributed by atoms with Crippen molar-refractivity contribution >= 4 is 39.1 Å². The average Bonchev–Trinajstić information content (AvgIpc) is 2.75. The summed E-state index contributed by atoms with van der Waals surface area (Å²) in [7, 11) is -3.65. The highest BCUT2D eigenvalue weighted by Gasteiger charge is 2.33. The Labute approximate surface area is 187 Å². The minimum atomic E-state index is -3.65. The van der Waals surface area contributed by atoms with Gasteiger partial charge in [0.2, 0.25) is 15.9 Å². The van der Waals surface area contributed by atoms with Crippen LogP contribution in [0.1, 0.15) is 18.4 Å². The molecule has 2 aromatic carbocycles. The zero-order valence-electron chi connectivity index (χ0n) is 16.4. The quantitative estimate of drug-likeness (QED) is 0.596. The van der Waals surface area contributed by atoms with Crippen LogP contribution in [-0.4, -0.2) is 44.9 Å². The lowest BCUT2D eigenvalue weighted by Gasteiger charge is -2.31. The molecule has 1 N–H and O–H groups in total. The Kier molecular flexibility index (Phi) is 7.99. The van der Waals surface area contributed by atoms with E-state index in [0.29, 0.717) is 48.1 Å². The maximum atomic E-state index is 12.9. The molecule has 162 valence electrons. The number of ether oxygens (including phenoxy) is 1. The third-order valence-corrected chi connectivity index (χ3v) is 7.43. The van der Waals surface area contributed by atoms with Crippen LogP contribution in [0.15, 0.2) is 48.5 Å². The fraction of sp³-hybridized carbons (Fsp3) is 0.381. The third kappa shape index (κ3) is 6.11. The predicted octanol–water partition coefficient (Wildman–Crippen LogP) is 3.73. The van der Waals surface area contributed by atoms with Crippen molar-refractivity contribution in [2.24, 2.45) is 5.92 Å². The summed E-state index contributed by atoms with van der Waals surface area (Å²) in [5.41, 5.74) is 0.380. The van der Waals surface area contributed by atoms with Gasteiger partial charge in [0.15, 0.2) is 0 Å². The van der Waals surface area contributed by atoms with Gasteiger partial charge in [-0.1, -0.05) is 47.5 Å². The van der Waals surface area contributed by atoms with Gasteiger partial charge in [0.25, 0.3) is 0 Å². The van der Waals surface area contributed by atoms with Crippen LogP contribution >= 0.6 is 23.2 Å². The summed E-state index contributed by atoms with van der Waals surface area (Å²) in [6, 6.07) is 14.2. The zero-order valence-corrected chi connectivity index (χ0v) is 18.7.